The van der Waals surface area contributed by atoms with Gasteiger partial charge in [0.15, 0.2) is 0 Å². The third kappa shape index (κ3) is 1.16. The van der Waals surface area contributed by atoms with Crippen LogP contribution in [0.15, 0.2) is 29.1 Å². The molecule has 0 fully saturated rings. The fraction of sp³-hybridized carbons (Fsp3) is 0.200. The van der Waals surface area contributed by atoms with Gasteiger partial charge in [-0.05, 0) is 19.1 Å². The topological polar surface area (TPSA) is 60.9 Å². The third-order valence-electron chi connectivity index (χ3n) is 2.23. The van der Waals surface area contributed by atoms with Crippen molar-refractivity contribution in [1.29, 1.82) is 0 Å². The van der Waals surface area contributed by atoms with Gasteiger partial charge < -0.3 is 5.73 Å². The molecule has 1 aromatic carbocycles. The van der Waals surface area contributed by atoms with Crippen LogP contribution in [0.2, 0.25) is 0 Å². The Labute approximate surface area is 81.0 Å². The van der Waals surface area contributed by atoms with Gasteiger partial charge in [-0.15, -0.1) is 0 Å². The van der Waals surface area contributed by atoms with Crippen molar-refractivity contribution in [2.75, 3.05) is 5.73 Å². The van der Waals surface area contributed by atoms with E-state index in [9.17, 15) is 4.79 Å². The number of nitrogens with two attached hydrogens (primary N) is 1. The number of hydrogen-bond donors (Lipinski definition) is 1. The lowest BCUT2D eigenvalue weighted by molar-refractivity contribution is 0.720. The van der Waals surface area contributed by atoms with Gasteiger partial charge in [0, 0.05) is 11.9 Å². The standard InChI is InChI=1S/C10H11N3O/c1-2-13-9(11)7-5-3-4-6-8(7)12-10(13)14/h3-6H,2,11H2,1H3. The van der Waals surface area contributed by atoms with Crippen LogP contribution in [0, 0.1) is 0 Å². The second-order valence-electron chi connectivity index (χ2n) is 3.04. The van der Waals surface area contributed by atoms with Crippen molar-refractivity contribution in [3.8, 4) is 0 Å². The zero-order valence-corrected chi connectivity index (χ0v) is 7.90. The summed E-state index contributed by atoms with van der Waals surface area (Å²) in [6.45, 7) is 2.41. The first-order valence-electron chi connectivity index (χ1n) is 4.49. The first kappa shape index (κ1) is 8.74. The number of anilines is 1. The van der Waals surface area contributed by atoms with Crippen molar-refractivity contribution < 1.29 is 0 Å². The first-order valence-corrected chi connectivity index (χ1v) is 4.49. The lowest BCUT2D eigenvalue weighted by Gasteiger charge is -2.07. The van der Waals surface area contributed by atoms with Gasteiger partial charge in [-0.1, -0.05) is 12.1 Å². The number of fused-ring (bicyclic) bond motifs is 1. The minimum absolute atomic E-state index is 0.288. The van der Waals surface area contributed by atoms with Crippen LogP contribution in [-0.2, 0) is 6.54 Å². The Morgan fingerprint density at radius 1 is 1.43 bits per heavy atom. The number of hydrogen-bond acceptors (Lipinski definition) is 3. The molecule has 0 aliphatic carbocycles. The highest BCUT2D eigenvalue weighted by molar-refractivity contribution is 5.87. The largest absolute Gasteiger partial charge is 0.384 e. The Bertz CT molecular complexity index is 530. The second-order valence-corrected chi connectivity index (χ2v) is 3.04. The van der Waals surface area contributed by atoms with Crippen molar-refractivity contribution in [3.05, 3.63) is 34.7 Å². The van der Waals surface area contributed by atoms with Crippen LogP contribution >= 0.6 is 0 Å². The van der Waals surface area contributed by atoms with E-state index in [1.165, 1.54) is 4.57 Å². The molecule has 4 nitrogen and oxygen atoms in total. The number of benzene rings is 1. The maximum absolute atomic E-state index is 11.5. The monoisotopic (exact) mass is 189 g/mol. The van der Waals surface area contributed by atoms with E-state index in [0.717, 1.165) is 5.39 Å². The Balaban J connectivity index is 2.93. The quantitative estimate of drug-likeness (QED) is 0.728. The van der Waals surface area contributed by atoms with E-state index in [-0.39, 0.29) is 5.69 Å². The molecule has 1 heterocycles. The molecule has 0 aliphatic heterocycles. The highest BCUT2D eigenvalue weighted by Gasteiger charge is 2.05. The maximum Gasteiger partial charge on any atom is 0.349 e. The number of nitrogens with zero attached hydrogens (tertiary/aromatic N) is 2. The van der Waals surface area contributed by atoms with Gasteiger partial charge in [0.05, 0.1) is 5.52 Å². The zero-order valence-electron chi connectivity index (χ0n) is 7.90. The summed E-state index contributed by atoms with van der Waals surface area (Å²) >= 11 is 0. The third-order valence-corrected chi connectivity index (χ3v) is 2.23. The van der Waals surface area contributed by atoms with Crippen LogP contribution in [-0.4, -0.2) is 9.55 Å². The highest BCUT2D eigenvalue weighted by Crippen LogP contribution is 2.15. The Hall–Kier alpha value is -1.84. The summed E-state index contributed by atoms with van der Waals surface area (Å²) in [5.41, 5.74) is 6.22. The van der Waals surface area contributed by atoms with E-state index in [1.807, 2.05) is 25.1 Å². The predicted octanol–water partition coefficient (Wildman–Crippen LogP) is 0.999. The summed E-state index contributed by atoms with van der Waals surface area (Å²) in [5.74, 6) is 0.489. The van der Waals surface area contributed by atoms with Gasteiger partial charge in [0.25, 0.3) is 0 Å². The molecule has 2 aromatic rings. The van der Waals surface area contributed by atoms with Crippen molar-refractivity contribution >= 4 is 16.7 Å². The van der Waals surface area contributed by atoms with E-state index in [0.29, 0.717) is 17.9 Å². The van der Waals surface area contributed by atoms with E-state index >= 15 is 0 Å². The number of nitrogen functional groups attached to an aromatic ring is 1. The Morgan fingerprint density at radius 2 is 2.14 bits per heavy atom. The molecule has 0 spiro atoms. The predicted molar refractivity (Wildman–Crippen MR) is 56.1 cm³/mol. The van der Waals surface area contributed by atoms with Crippen LogP contribution < -0.4 is 11.4 Å². The summed E-state index contributed by atoms with van der Waals surface area (Å²) in [6.07, 6.45) is 0. The number of rotatable bonds is 1. The van der Waals surface area contributed by atoms with Gasteiger partial charge >= 0.3 is 5.69 Å². The summed E-state index contributed by atoms with van der Waals surface area (Å²) in [6, 6.07) is 7.37. The first-order chi connectivity index (χ1) is 6.74. The molecule has 14 heavy (non-hydrogen) atoms. The average Bonchev–Trinajstić information content (AvgIpc) is 2.18. The summed E-state index contributed by atoms with van der Waals surface area (Å²) in [4.78, 5) is 15.4. The second kappa shape index (κ2) is 3.14. The summed E-state index contributed by atoms with van der Waals surface area (Å²) in [7, 11) is 0. The molecule has 0 amide bonds. The van der Waals surface area contributed by atoms with E-state index in [2.05, 4.69) is 4.98 Å². The van der Waals surface area contributed by atoms with Crippen LogP contribution in [0.1, 0.15) is 6.92 Å². The normalized spacial score (nSPS) is 10.6. The van der Waals surface area contributed by atoms with E-state index in [4.69, 9.17) is 5.73 Å². The highest BCUT2D eigenvalue weighted by atomic mass is 16.1. The van der Waals surface area contributed by atoms with Crippen molar-refractivity contribution in [1.82, 2.24) is 9.55 Å². The minimum atomic E-state index is -0.288. The molecule has 1 aromatic heterocycles. The molecule has 0 aliphatic rings. The fourth-order valence-electron chi connectivity index (χ4n) is 1.51. The van der Waals surface area contributed by atoms with Crippen LogP contribution in [0.5, 0.6) is 0 Å². The lowest BCUT2D eigenvalue weighted by Crippen LogP contribution is -2.24. The molecule has 4 heteroatoms. The van der Waals surface area contributed by atoms with Crippen LogP contribution in [0.25, 0.3) is 10.9 Å². The molecule has 0 atom stereocenters. The van der Waals surface area contributed by atoms with Gasteiger partial charge in [0.2, 0.25) is 0 Å². The van der Waals surface area contributed by atoms with Gasteiger partial charge in [0.1, 0.15) is 5.82 Å². The number of para-hydroxylation sites is 1. The smallest absolute Gasteiger partial charge is 0.349 e. The van der Waals surface area contributed by atoms with E-state index < -0.39 is 0 Å². The molecular formula is C10H11N3O. The molecule has 72 valence electrons. The van der Waals surface area contributed by atoms with Crippen molar-refractivity contribution in [2.24, 2.45) is 0 Å². The maximum atomic E-state index is 11.5. The van der Waals surface area contributed by atoms with Gasteiger partial charge in [-0.2, -0.15) is 4.98 Å². The molecular weight excluding hydrogens is 178 g/mol. The molecule has 0 radical (unpaired) electrons. The molecule has 0 saturated heterocycles. The summed E-state index contributed by atoms with van der Waals surface area (Å²) < 4.78 is 1.46. The zero-order chi connectivity index (χ0) is 10.1. The molecule has 2 N–H and O–H groups in total. The van der Waals surface area contributed by atoms with E-state index in [1.54, 1.807) is 6.07 Å². The fourth-order valence-corrected chi connectivity index (χ4v) is 1.51. The van der Waals surface area contributed by atoms with Crippen LogP contribution in [0.3, 0.4) is 0 Å². The van der Waals surface area contributed by atoms with Gasteiger partial charge in [-0.25, -0.2) is 4.79 Å². The number of aromatic nitrogens is 2. The average molecular weight is 189 g/mol. The summed E-state index contributed by atoms with van der Waals surface area (Å²) in [5, 5.41) is 0.828. The molecule has 0 bridgehead atoms. The molecule has 0 unspecified atom stereocenters. The molecule has 0 saturated carbocycles. The van der Waals surface area contributed by atoms with Crippen molar-refractivity contribution in [3.63, 3.8) is 0 Å². The van der Waals surface area contributed by atoms with Crippen molar-refractivity contribution in [2.45, 2.75) is 13.5 Å². The Kier molecular flexibility index (Phi) is 1.96. The SMILES string of the molecule is CCn1c(N)c2ccccc2nc1=O. The Morgan fingerprint density at radius 3 is 2.86 bits per heavy atom. The van der Waals surface area contributed by atoms with Crippen LogP contribution in [0.4, 0.5) is 5.82 Å². The lowest BCUT2D eigenvalue weighted by atomic mass is 10.2. The van der Waals surface area contributed by atoms with Gasteiger partial charge in [-0.3, -0.25) is 4.57 Å². The molecule has 2 rings (SSSR count). The minimum Gasteiger partial charge on any atom is -0.384 e.